The topological polar surface area (TPSA) is 89.3 Å². The minimum Gasteiger partial charge on any atom is -0.378 e. The molecule has 1 amide bonds. The zero-order chi connectivity index (χ0) is 23.1. The van der Waals surface area contributed by atoms with Crippen molar-refractivity contribution in [2.75, 3.05) is 36.5 Å². The highest BCUT2D eigenvalue weighted by atomic mass is 32.1. The van der Waals surface area contributed by atoms with Crippen molar-refractivity contribution in [3.63, 3.8) is 0 Å². The number of ether oxygens (including phenoxy) is 1. The van der Waals surface area contributed by atoms with Crippen LogP contribution >= 0.6 is 11.3 Å². The maximum Gasteiger partial charge on any atom is 0.261 e. The maximum atomic E-state index is 13.0. The molecule has 4 aromatic rings. The molecule has 1 aliphatic carbocycles. The zero-order valence-corrected chi connectivity index (χ0v) is 19.5. The highest BCUT2D eigenvalue weighted by molar-refractivity contribution is 7.22. The molecule has 1 aliphatic heterocycles. The van der Waals surface area contributed by atoms with E-state index in [1.807, 2.05) is 42.5 Å². The zero-order valence-electron chi connectivity index (χ0n) is 18.7. The molecule has 3 heterocycles. The van der Waals surface area contributed by atoms with Gasteiger partial charge in [-0.15, -0.1) is 0 Å². The molecule has 0 atom stereocenters. The molecular formula is C25H25N5O3S. The highest BCUT2D eigenvalue weighted by Gasteiger charge is 2.28. The molecule has 0 radical (unpaired) electrons. The molecule has 6 rings (SSSR count). The van der Waals surface area contributed by atoms with Crippen molar-refractivity contribution in [3.8, 4) is 0 Å². The van der Waals surface area contributed by atoms with Gasteiger partial charge in [0.25, 0.3) is 5.56 Å². The molecule has 2 aromatic heterocycles. The van der Waals surface area contributed by atoms with Crippen LogP contribution in [0.5, 0.6) is 0 Å². The lowest BCUT2D eigenvalue weighted by Gasteiger charge is -2.25. The number of carbonyl (C=O) groups excluding carboxylic acids is 1. The van der Waals surface area contributed by atoms with Gasteiger partial charge in [-0.2, -0.15) is 0 Å². The number of benzene rings is 2. The summed E-state index contributed by atoms with van der Waals surface area (Å²) in [5.74, 6) is 0.594. The number of anilines is 2. The third kappa shape index (κ3) is 4.17. The lowest BCUT2D eigenvalue weighted by molar-refractivity contribution is -0.116. The predicted molar refractivity (Wildman–Crippen MR) is 134 cm³/mol. The van der Waals surface area contributed by atoms with Crippen molar-refractivity contribution in [1.82, 2.24) is 14.5 Å². The Labute approximate surface area is 200 Å². The van der Waals surface area contributed by atoms with Crippen LogP contribution in [0.15, 0.2) is 47.3 Å². The van der Waals surface area contributed by atoms with Crippen LogP contribution in [0.4, 0.5) is 10.8 Å². The Bertz CT molecular complexity index is 1440. The molecule has 2 fully saturated rings. The monoisotopic (exact) mass is 475 g/mol. The van der Waals surface area contributed by atoms with Crippen LogP contribution in [0, 0.1) is 0 Å². The molecule has 174 valence electrons. The van der Waals surface area contributed by atoms with Gasteiger partial charge in [0.2, 0.25) is 5.91 Å². The normalized spacial score (nSPS) is 16.3. The Morgan fingerprint density at radius 3 is 2.74 bits per heavy atom. The molecule has 0 spiro atoms. The van der Waals surface area contributed by atoms with Crippen molar-refractivity contribution in [2.45, 2.75) is 31.7 Å². The molecule has 2 aliphatic rings. The van der Waals surface area contributed by atoms with E-state index in [0.29, 0.717) is 23.1 Å². The first kappa shape index (κ1) is 21.2. The molecule has 0 bridgehead atoms. The minimum absolute atomic E-state index is 0.00442. The van der Waals surface area contributed by atoms with Gasteiger partial charge in [-0.1, -0.05) is 23.5 Å². The Kier molecular flexibility index (Phi) is 5.50. The second-order valence-corrected chi connectivity index (χ2v) is 9.79. The molecule has 8 nitrogen and oxygen atoms in total. The number of nitrogens with zero attached hydrogens (tertiary/aromatic N) is 4. The highest BCUT2D eigenvalue weighted by Crippen LogP contribution is 2.35. The summed E-state index contributed by atoms with van der Waals surface area (Å²) < 4.78 is 8.27. The number of morpholine rings is 1. The van der Waals surface area contributed by atoms with Crippen LogP contribution in [0.2, 0.25) is 0 Å². The Balaban J connectivity index is 1.17. The predicted octanol–water partition coefficient (Wildman–Crippen LogP) is 3.75. The Morgan fingerprint density at radius 1 is 1.09 bits per heavy atom. The van der Waals surface area contributed by atoms with Gasteiger partial charge in [0.1, 0.15) is 5.82 Å². The number of fused-ring (bicyclic) bond motifs is 2. The maximum absolute atomic E-state index is 13.0. The average molecular weight is 476 g/mol. The van der Waals surface area contributed by atoms with Crippen molar-refractivity contribution in [1.29, 1.82) is 0 Å². The van der Waals surface area contributed by atoms with Crippen molar-refractivity contribution in [3.05, 3.63) is 58.6 Å². The number of aromatic nitrogens is 3. The van der Waals surface area contributed by atoms with Crippen LogP contribution in [0.25, 0.3) is 21.1 Å². The van der Waals surface area contributed by atoms with Gasteiger partial charge in [0.15, 0.2) is 5.13 Å². The summed E-state index contributed by atoms with van der Waals surface area (Å²) in [4.78, 5) is 37.5. The third-order valence-corrected chi connectivity index (χ3v) is 7.39. The summed E-state index contributed by atoms with van der Waals surface area (Å²) in [6.45, 7) is 3.13. The van der Waals surface area contributed by atoms with Crippen LogP contribution in [-0.4, -0.2) is 46.7 Å². The SMILES string of the molecule is O=C(CCc1nc2ccccc2c(=O)n1C1CC1)Nc1ccc2nc(N3CCOCC3)sc2c1. The van der Waals surface area contributed by atoms with Gasteiger partial charge in [0.05, 0.1) is 34.3 Å². The fourth-order valence-corrected chi connectivity index (χ4v) is 5.46. The fraction of sp³-hybridized carbons (Fsp3) is 0.360. The number of nitrogens with one attached hydrogen (secondary N) is 1. The van der Waals surface area contributed by atoms with Crippen LogP contribution in [0.3, 0.4) is 0 Å². The third-order valence-electron chi connectivity index (χ3n) is 6.31. The Hall–Kier alpha value is -3.30. The van der Waals surface area contributed by atoms with E-state index < -0.39 is 0 Å². The van der Waals surface area contributed by atoms with Crippen LogP contribution in [-0.2, 0) is 16.0 Å². The number of amides is 1. The standard InChI is InChI=1S/C25H25N5O3S/c31-23(10-9-22-27-19-4-2-1-3-18(19)24(32)30(22)17-6-7-17)26-16-5-8-20-21(15-16)34-25(28-20)29-11-13-33-14-12-29/h1-5,8,15,17H,6-7,9-14H2,(H,26,31). The van der Waals surface area contributed by atoms with E-state index in [-0.39, 0.29) is 23.9 Å². The van der Waals surface area contributed by atoms with E-state index in [4.69, 9.17) is 14.7 Å². The van der Waals surface area contributed by atoms with Crippen molar-refractivity contribution >= 4 is 49.2 Å². The second-order valence-electron chi connectivity index (χ2n) is 8.78. The molecule has 1 N–H and O–H groups in total. The smallest absolute Gasteiger partial charge is 0.261 e. The molecular weight excluding hydrogens is 450 g/mol. The van der Waals surface area contributed by atoms with E-state index >= 15 is 0 Å². The minimum atomic E-state index is -0.0953. The largest absolute Gasteiger partial charge is 0.378 e. The van der Waals surface area contributed by atoms with Gasteiger partial charge in [0, 0.05) is 37.7 Å². The number of rotatable bonds is 6. The molecule has 34 heavy (non-hydrogen) atoms. The summed E-state index contributed by atoms with van der Waals surface area (Å²) >= 11 is 1.63. The van der Waals surface area contributed by atoms with Crippen LogP contribution in [0.1, 0.15) is 31.1 Å². The first-order valence-corrected chi connectivity index (χ1v) is 12.5. The first-order chi connectivity index (χ1) is 16.7. The molecule has 0 unspecified atom stereocenters. The average Bonchev–Trinajstić information content (AvgIpc) is 3.61. The van der Waals surface area contributed by atoms with Gasteiger partial charge >= 0.3 is 0 Å². The van der Waals surface area contributed by atoms with Crippen molar-refractivity contribution in [2.24, 2.45) is 0 Å². The number of para-hydroxylation sites is 1. The Morgan fingerprint density at radius 2 is 1.91 bits per heavy atom. The molecule has 1 saturated heterocycles. The molecule has 2 aromatic carbocycles. The van der Waals surface area contributed by atoms with Gasteiger partial charge in [-0.05, 0) is 43.2 Å². The number of carbonyl (C=O) groups is 1. The van der Waals surface area contributed by atoms with E-state index in [9.17, 15) is 9.59 Å². The number of hydrogen-bond donors (Lipinski definition) is 1. The van der Waals surface area contributed by atoms with Gasteiger partial charge < -0.3 is 15.0 Å². The summed E-state index contributed by atoms with van der Waals surface area (Å²) in [6.07, 6.45) is 2.66. The summed E-state index contributed by atoms with van der Waals surface area (Å²) in [6, 6.07) is 13.4. The number of aryl methyl sites for hydroxylation is 1. The van der Waals surface area contributed by atoms with Gasteiger partial charge in [-0.3, -0.25) is 14.2 Å². The van der Waals surface area contributed by atoms with Crippen molar-refractivity contribution < 1.29 is 9.53 Å². The van der Waals surface area contributed by atoms with E-state index in [1.54, 1.807) is 15.9 Å². The fourth-order valence-electron chi connectivity index (χ4n) is 4.41. The van der Waals surface area contributed by atoms with Crippen LogP contribution < -0.4 is 15.8 Å². The van der Waals surface area contributed by atoms with E-state index in [0.717, 1.165) is 60.2 Å². The summed E-state index contributed by atoms with van der Waals surface area (Å²) in [7, 11) is 0. The lowest BCUT2D eigenvalue weighted by atomic mass is 10.2. The number of hydrogen-bond acceptors (Lipinski definition) is 7. The molecule has 1 saturated carbocycles. The van der Waals surface area contributed by atoms with E-state index in [1.165, 1.54) is 0 Å². The van der Waals surface area contributed by atoms with E-state index in [2.05, 4.69) is 10.2 Å². The van der Waals surface area contributed by atoms with Gasteiger partial charge in [-0.25, -0.2) is 9.97 Å². The first-order valence-electron chi connectivity index (χ1n) is 11.7. The summed E-state index contributed by atoms with van der Waals surface area (Å²) in [5.41, 5.74) is 2.36. The number of thiazole rings is 1. The molecule has 9 heteroatoms. The summed E-state index contributed by atoms with van der Waals surface area (Å²) in [5, 5.41) is 4.62. The lowest BCUT2D eigenvalue weighted by Crippen LogP contribution is -2.36. The quantitative estimate of drug-likeness (QED) is 0.457. The second kappa shape index (κ2) is 8.81.